The molecule has 1 saturated carbocycles. The molecule has 92 valence electrons. The molecule has 1 heterocycles. The summed E-state index contributed by atoms with van der Waals surface area (Å²) >= 11 is 5.42. The molecule has 1 aromatic rings. The largest absolute Gasteiger partial charge is 0.308 e. The van der Waals surface area contributed by atoms with Gasteiger partial charge in [-0.25, -0.2) is 0 Å². The van der Waals surface area contributed by atoms with Gasteiger partial charge in [-0.05, 0) is 36.6 Å². The average molecular weight is 254 g/mol. The van der Waals surface area contributed by atoms with Crippen LogP contribution >= 0.6 is 11.6 Å². The summed E-state index contributed by atoms with van der Waals surface area (Å²) in [5.74, 6) is 0. The number of hydrogen-bond acceptors (Lipinski definition) is 2. The Labute approximate surface area is 105 Å². The van der Waals surface area contributed by atoms with Crippen molar-refractivity contribution in [2.24, 2.45) is 0 Å². The van der Waals surface area contributed by atoms with Gasteiger partial charge in [0.2, 0.25) is 0 Å². The van der Waals surface area contributed by atoms with Gasteiger partial charge in [0.25, 0.3) is 10.8 Å². The number of aromatic nitrogens is 1. The lowest BCUT2D eigenvalue weighted by atomic mass is 9.90. The van der Waals surface area contributed by atoms with Crippen molar-refractivity contribution in [1.29, 1.82) is 0 Å². The van der Waals surface area contributed by atoms with E-state index in [1.807, 2.05) is 6.07 Å². The van der Waals surface area contributed by atoms with Crippen molar-refractivity contribution in [3.05, 3.63) is 33.7 Å². The molecule has 2 rings (SSSR count). The van der Waals surface area contributed by atoms with Crippen molar-refractivity contribution < 1.29 is 4.79 Å². The molecule has 0 aromatic carbocycles. The van der Waals surface area contributed by atoms with E-state index >= 15 is 0 Å². The van der Waals surface area contributed by atoms with Crippen LogP contribution in [-0.4, -0.2) is 9.81 Å². The van der Waals surface area contributed by atoms with Crippen LogP contribution in [-0.2, 0) is 5.41 Å². The number of carbonyl (C=O) groups is 1. The van der Waals surface area contributed by atoms with Gasteiger partial charge in [0.15, 0.2) is 0 Å². The Balaban J connectivity index is 2.68. The maximum atomic E-state index is 12.2. The highest BCUT2D eigenvalue weighted by atomic mass is 35.5. The first-order valence-electron chi connectivity index (χ1n) is 5.78. The summed E-state index contributed by atoms with van der Waals surface area (Å²) < 4.78 is 1.75. The van der Waals surface area contributed by atoms with Gasteiger partial charge in [-0.2, -0.15) is 0 Å². The van der Waals surface area contributed by atoms with E-state index in [1.165, 1.54) is 6.07 Å². The Hall–Kier alpha value is -1.09. The first-order chi connectivity index (χ1) is 7.82. The van der Waals surface area contributed by atoms with Crippen molar-refractivity contribution in [3.8, 4) is 0 Å². The number of hydrogen-bond donors (Lipinski definition) is 0. The van der Waals surface area contributed by atoms with Gasteiger partial charge in [0.05, 0.1) is 5.56 Å². The van der Waals surface area contributed by atoms with Crippen molar-refractivity contribution >= 4 is 16.8 Å². The van der Waals surface area contributed by atoms with Gasteiger partial charge in [-0.1, -0.05) is 20.8 Å². The van der Waals surface area contributed by atoms with E-state index in [0.717, 1.165) is 18.5 Å². The lowest BCUT2D eigenvalue weighted by molar-refractivity contribution is 0.107. The second-order valence-corrected chi connectivity index (χ2v) is 5.91. The van der Waals surface area contributed by atoms with Gasteiger partial charge in [0, 0.05) is 17.2 Å². The van der Waals surface area contributed by atoms with E-state index in [4.69, 9.17) is 11.6 Å². The first-order valence-corrected chi connectivity index (χ1v) is 6.16. The Morgan fingerprint density at radius 3 is 2.35 bits per heavy atom. The molecule has 1 fully saturated rings. The zero-order chi connectivity index (χ0) is 12.8. The predicted molar refractivity (Wildman–Crippen MR) is 67.9 cm³/mol. The monoisotopic (exact) mass is 253 g/mol. The topological polar surface area (TPSA) is 39.1 Å². The summed E-state index contributed by atoms with van der Waals surface area (Å²) in [6.07, 6.45) is 2.01. The number of pyridine rings is 1. The molecule has 0 bridgehead atoms. The minimum absolute atomic E-state index is 0.0755. The first kappa shape index (κ1) is 12.4. The van der Waals surface area contributed by atoms with Crippen molar-refractivity contribution in [2.75, 3.05) is 0 Å². The third-order valence-electron chi connectivity index (χ3n) is 3.01. The molecule has 0 unspecified atom stereocenters. The van der Waals surface area contributed by atoms with E-state index in [0.29, 0.717) is 0 Å². The van der Waals surface area contributed by atoms with Gasteiger partial charge in [-0.3, -0.25) is 9.59 Å². The second-order valence-electron chi connectivity index (χ2n) is 5.56. The second kappa shape index (κ2) is 3.98. The maximum absolute atomic E-state index is 12.2. The molecule has 0 atom stereocenters. The highest BCUT2D eigenvalue weighted by Crippen LogP contribution is 2.37. The zero-order valence-electron chi connectivity index (χ0n) is 10.3. The highest BCUT2D eigenvalue weighted by Gasteiger charge is 2.31. The highest BCUT2D eigenvalue weighted by molar-refractivity contribution is 6.67. The lowest BCUT2D eigenvalue weighted by Gasteiger charge is -2.24. The van der Waals surface area contributed by atoms with Crippen LogP contribution in [0.1, 0.15) is 55.7 Å². The molecule has 4 heteroatoms. The quantitative estimate of drug-likeness (QED) is 0.761. The molecule has 0 saturated heterocycles. The molecule has 3 nitrogen and oxygen atoms in total. The molecule has 0 amide bonds. The molecule has 1 aromatic heterocycles. The molecule has 0 aliphatic heterocycles. The van der Waals surface area contributed by atoms with Gasteiger partial charge in [-0.15, -0.1) is 0 Å². The third-order valence-corrected chi connectivity index (χ3v) is 3.21. The smallest absolute Gasteiger partial charge is 0.263 e. The average Bonchev–Trinajstić information content (AvgIpc) is 2.98. The van der Waals surface area contributed by atoms with Crippen molar-refractivity contribution in [1.82, 2.24) is 4.57 Å². The normalized spacial score (nSPS) is 16.0. The Bertz CT molecular complexity index is 521. The van der Waals surface area contributed by atoms with Crippen LogP contribution < -0.4 is 5.56 Å². The van der Waals surface area contributed by atoms with E-state index in [-0.39, 0.29) is 22.6 Å². The van der Waals surface area contributed by atoms with Crippen LogP contribution in [0.2, 0.25) is 0 Å². The SMILES string of the molecule is CC(C)(C)c1ccc(C(=O)Cl)c(=O)n1C1CC1. The molecule has 1 aliphatic carbocycles. The Kier molecular flexibility index (Phi) is 2.90. The fraction of sp³-hybridized carbons (Fsp3) is 0.538. The van der Waals surface area contributed by atoms with Crippen LogP contribution in [0.15, 0.2) is 16.9 Å². The Morgan fingerprint density at radius 1 is 1.35 bits per heavy atom. The molecule has 0 spiro atoms. The summed E-state index contributed by atoms with van der Waals surface area (Å²) in [6, 6.07) is 3.62. The van der Waals surface area contributed by atoms with Crippen molar-refractivity contribution in [2.45, 2.75) is 45.1 Å². The maximum Gasteiger partial charge on any atom is 0.263 e. The molecule has 0 N–H and O–H groups in total. The standard InChI is InChI=1S/C13H16ClNO2/c1-13(2,3)10-7-6-9(11(14)16)12(17)15(10)8-4-5-8/h6-8H,4-5H2,1-3H3. The zero-order valence-corrected chi connectivity index (χ0v) is 11.0. The fourth-order valence-electron chi connectivity index (χ4n) is 2.01. The minimum Gasteiger partial charge on any atom is -0.308 e. The van der Waals surface area contributed by atoms with Gasteiger partial charge >= 0.3 is 0 Å². The van der Waals surface area contributed by atoms with Crippen LogP contribution in [0.5, 0.6) is 0 Å². The van der Waals surface area contributed by atoms with E-state index in [1.54, 1.807) is 4.57 Å². The van der Waals surface area contributed by atoms with Crippen LogP contribution in [0.4, 0.5) is 0 Å². The van der Waals surface area contributed by atoms with Gasteiger partial charge in [0.1, 0.15) is 0 Å². The Morgan fingerprint density at radius 2 is 1.94 bits per heavy atom. The van der Waals surface area contributed by atoms with Crippen LogP contribution in [0.3, 0.4) is 0 Å². The number of carbonyl (C=O) groups excluding carboxylic acids is 1. The van der Waals surface area contributed by atoms with Crippen molar-refractivity contribution in [3.63, 3.8) is 0 Å². The summed E-state index contributed by atoms with van der Waals surface area (Å²) in [4.78, 5) is 23.4. The molecule has 0 radical (unpaired) electrons. The van der Waals surface area contributed by atoms with E-state index in [2.05, 4.69) is 20.8 Å². The molecule has 17 heavy (non-hydrogen) atoms. The minimum atomic E-state index is -0.676. The number of rotatable bonds is 2. The summed E-state index contributed by atoms with van der Waals surface area (Å²) in [5.41, 5.74) is 0.675. The third kappa shape index (κ3) is 2.29. The summed E-state index contributed by atoms with van der Waals surface area (Å²) in [7, 11) is 0. The van der Waals surface area contributed by atoms with Crippen LogP contribution in [0, 0.1) is 0 Å². The predicted octanol–water partition coefficient (Wildman–Crippen LogP) is 2.86. The van der Waals surface area contributed by atoms with Crippen LogP contribution in [0.25, 0.3) is 0 Å². The number of halogens is 1. The molecular formula is C13H16ClNO2. The number of nitrogens with zero attached hydrogens (tertiary/aromatic N) is 1. The van der Waals surface area contributed by atoms with Gasteiger partial charge < -0.3 is 4.57 Å². The molecular weight excluding hydrogens is 238 g/mol. The van der Waals surface area contributed by atoms with E-state index < -0.39 is 5.24 Å². The fourth-order valence-corrected chi connectivity index (χ4v) is 2.15. The summed E-state index contributed by atoms with van der Waals surface area (Å²) in [5, 5.41) is -0.676. The summed E-state index contributed by atoms with van der Waals surface area (Å²) in [6.45, 7) is 6.18. The molecule has 1 aliphatic rings. The lowest BCUT2D eigenvalue weighted by Crippen LogP contribution is -2.31. The van der Waals surface area contributed by atoms with E-state index in [9.17, 15) is 9.59 Å².